The predicted molar refractivity (Wildman–Crippen MR) is 92.8 cm³/mol. The summed E-state index contributed by atoms with van der Waals surface area (Å²) in [5.41, 5.74) is 7.09. The maximum atomic E-state index is 5.89. The molecule has 3 N–H and O–H groups in total. The molecule has 6 heteroatoms. The van der Waals surface area contributed by atoms with E-state index in [-0.39, 0.29) is 24.0 Å². The smallest absolute Gasteiger partial charge is 0.189 e. The molecule has 102 valence electrons. The van der Waals surface area contributed by atoms with Crippen molar-refractivity contribution in [1.29, 1.82) is 0 Å². The van der Waals surface area contributed by atoms with Crippen molar-refractivity contribution in [2.24, 2.45) is 10.7 Å². The highest BCUT2D eigenvalue weighted by molar-refractivity contribution is 14.0. The Labute approximate surface area is 138 Å². The zero-order valence-corrected chi connectivity index (χ0v) is 14.9. The number of nitrogens with zero attached hydrogens (tertiary/aromatic N) is 1. The van der Waals surface area contributed by atoms with Crippen LogP contribution in [0.3, 0.4) is 0 Å². The Kier molecular flexibility index (Phi) is 7.55. The Hall–Kier alpha value is 0.180. The number of aliphatic imine (C=N–C) groups is 1. The molecule has 2 rings (SSSR count). The zero-order valence-electron chi connectivity index (χ0n) is 10.2. The molecule has 0 aliphatic heterocycles. The van der Waals surface area contributed by atoms with Crippen molar-refractivity contribution < 1.29 is 0 Å². The van der Waals surface area contributed by atoms with Gasteiger partial charge in [0.15, 0.2) is 5.96 Å². The summed E-state index contributed by atoms with van der Waals surface area (Å²) >= 11 is 5.12. The molecular weight excluding hydrogens is 425 g/mol. The summed E-state index contributed by atoms with van der Waals surface area (Å²) in [5.74, 6) is 0.583. The fourth-order valence-corrected chi connectivity index (χ4v) is 3.31. The second-order valence-corrected chi connectivity index (χ2v) is 6.73. The van der Waals surface area contributed by atoms with Gasteiger partial charge < -0.3 is 11.1 Å². The van der Waals surface area contributed by atoms with Crippen LogP contribution in [0.4, 0.5) is 0 Å². The third-order valence-corrected chi connectivity index (χ3v) is 4.56. The summed E-state index contributed by atoms with van der Waals surface area (Å²) in [6.07, 6.45) is 6.42. The fraction of sp³-hybridized carbons (Fsp3) is 0.583. The SMILES string of the molecule is I.NC(=NCc1csc(Br)c1)NC1CCCCC1. The molecular formula is C12H19BrIN3S. The lowest BCUT2D eigenvalue weighted by Crippen LogP contribution is -2.41. The first-order valence-corrected chi connectivity index (χ1v) is 7.70. The number of hydrogen-bond acceptors (Lipinski definition) is 2. The fourth-order valence-electron chi connectivity index (χ4n) is 2.11. The molecule has 1 aromatic heterocycles. The van der Waals surface area contributed by atoms with Crippen LogP contribution in [0.2, 0.25) is 0 Å². The predicted octanol–water partition coefficient (Wildman–Crippen LogP) is 3.87. The van der Waals surface area contributed by atoms with Crippen molar-refractivity contribution in [2.75, 3.05) is 0 Å². The Morgan fingerprint density at radius 1 is 1.44 bits per heavy atom. The van der Waals surface area contributed by atoms with Crippen LogP contribution in [0.25, 0.3) is 0 Å². The number of nitrogens with one attached hydrogen (secondary N) is 1. The minimum Gasteiger partial charge on any atom is -0.370 e. The quantitative estimate of drug-likeness (QED) is 0.423. The van der Waals surface area contributed by atoms with Gasteiger partial charge in [-0.15, -0.1) is 35.3 Å². The molecule has 3 nitrogen and oxygen atoms in total. The van der Waals surface area contributed by atoms with E-state index in [1.165, 1.54) is 37.7 Å². The van der Waals surface area contributed by atoms with E-state index in [4.69, 9.17) is 5.73 Å². The summed E-state index contributed by atoms with van der Waals surface area (Å²) < 4.78 is 1.14. The summed E-state index contributed by atoms with van der Waals surface area (Å²) in [5, 5.41) is 5.41. The van der Waals surface area contributed by atoms with Crippen molar-refractivity contribution in [1.82, 2.24) is 5.32 Å². The molecule has 1 aliphatic rings. The monoisotopic (exact) mass is 443 g/mol. The van der Waals surface area contributed by atoms with Crippen LogP contribution in [0.15, 0.2) is 20.2 Å². The van der Waals surface area contributed by atoms with Gasteiger partial charge in [0.25, 0.3) is 0 Å². The van der Waals surface area contributed by atoms with Crippen LogP contribution < -0.4 is 11.1 Å². The zero-order chi connectivity index (χ0) is 12.1. The van der Waals surface area contributed by atoms with E-state index in [0.29, 0.717) is 18.5 Å². The topological polar surface area (TPSA) is 50.4 Å². The third-order valence-electron chi connectivity index (χ3n) is 3.01. The van der Waals surface area contributed by atoms with Gasteiger partial charge in [0.05, 0.1) is 10.3 Å². The first-order valence-electron chi connectivity index (χ1n) is 6.03. The molecule has 0 aromatic carbocycles. The Bertz CT molecular complexity index is 388. The summed E-state index contributed by atoms with van der Waals surface area (Å²) in [7, 11) is 0. The van der Waals surface area contributed by atoms with E-state index in [9.17, 15) is 0 Å². The van der Waals surface area contributed by atoms with Gasteiger partial charge in [0, 0.05) is 6.04 Å². The highest BCUT2D eigenvalue weighted by Gasteiger charge is 2.13. The van der Waals surface area contributed by atoms with E-state index in [1.807, 2.05) is 0 Å². The van der Waals surface area contributed by atoms with E-state index in [1.54, 1.807) is 11.3 Å². The summed E-state index contributed by atoms with van der Waals surface area (Å²) in [6, 6.07) is 2.61. The van der Waals surface area contributed by atoms with Gasteiger partial charge in [0.2, 0.25) is 0 Å². The molecule has 1 aliphatic carbocycles. The first kappa shape index (κ1) is 16.2. The third kappa shape index (κ3) is 5.44. The molecule has 0 unspecified atom stereocenters. The molecule has 0 spiro atoms. The van der Waals surface area contributed by atoms with Crippen molar-refractivity contribution in [3.05, 3.63) is 20.8 Å². The molecule has 1 heterocycles. The van der Waals surface area contributed by atoms with Gasteiger partial charge in [-0.2, -0.15) is 0 Å². The highest BCUT2D eigenvalue weighted by atomic mass is 127. The molecule has 0 saturated heterocycles. The molecule has 0 amide bonds. The molecule has 1 aromatic rings. The van der Waals surface area contributed by atoms with Crippen LogP contribution >= 0.6 is 51.2 Å². The normalized spacial score (nSPS) is 17.3. The lowest BCUT2D eigenvalue weighted by atomic mass is 9.96. The number of nitrogens with two attached hydrogens (primary N) is 1. The molecule has 1 fully saturated rings. The van der Waals surface area contributed by atoms with Crippen LogP contribution in [0.1, 0.15) is 37.7 Å². The second-order valence-electron chi connectivity index (χ2n) is 4.44. The number of thiophene rings is 1. The second kappa shape index (κ2) is 8.37. The van der Waals surface area contributed by atoms with Crippen LogP contribution in [-0.2, 0) is 6.54 Å². The first-order chi connectivity index (χ1) is 8.24. The number of guanidine groups is 1. The molecule has 0 bridgehead atoms. The van der Waals surface area contributed by atoms with Gasteiger partial charge >= 0.3 is 0 Å². The number of rotatable bonds is 3. The van der Waals surface area contributed by atoms with Gasteiger partial charge in [-0.25, -0.2) is 4.99 Å². The molecule has 0 radical (unpaired) electrons. The van der Waals surface area contributed by atoms with Crippen LogP contribution in [0.5, 0.6) is 0 Å². The van der Waals surface area contributed by atoms with Crippen molar-refractivity contribution >= 4 is 57.2 Å². The molecule has 0 atom stereocenters. The lowest BCUT2D eigenvalue weighted by molar-refractivity contribution is 0.412. The van der Waals surface area contributed by atoms with Gasteiger partial charge in [-0.05, 0) is 45.8 Å². The van der Waals surface area contributed by atoms with Gasteiger partial charge in [0.1, 0.15) is 0 Å². The Morgan fingerprint density at radius 2 is 2.17 bits per heavy atom. The average molecular weight is 444 g/mol. The van der Waals surface area contributed by atoms with E-state index >= 15 is 0 Å². The van der Waals surface area contributed by atoms with E-state index in [0.717, 1.165) is 3.79 Å². The van der Waals surface area contributed by atoms with Gasteiger partial charge in [-0.3, -0.25) is 0 Å². The molecule has 1 saturated carbocycles. The maximum Gasteiger partial charge on any atom is 0.189 e. The van der Waals surface area contributed by atoms with Crippen LogP contribution in [-0.4, -0.2) is 12.0 Å². The van der Waals surface area contributed by atoms with Crippen molar-refractivity contribution in [3.8, 4) is 0 Å². The summed E-state index contributed by atoms with van der Waals surface area (Å²) in [4.78, 5) is 4.37. The average Bonchev–Trinajstić information content (AvgIpc) is 2.74. The Morgan fingerprint density at radius 3 is 2.78 bits per heavy atom. The number of halogens is 2. The standard InChI is InChI=1S/C12H18BrN3S.HI/c13-11-6-9(8-17-11)7-15-12(14)16-10-4-2-1-3-5-10;/h6,8,10H,1-5,7H2,(H3,14,15,16);1H. The van der Waals surface area contributed by atoms with E-state index < -0.39 is 0 Å². The van der Waals surface area contributed by atoms with E-state index in [2.05, 4.69) is 37.7 Å². The van der Waals surface area contributed by atoms with Crippen LogP contribution in [0, 0.1) is 0 Å². The Balaban J connectivity index is 0.00000162. The number of hydrogen-bond donors (Lipinski definition) is 2. The maximum absolute atomic E-state index is 5.89. The van der Waals surface area contributed by atoms with Gasteiger partial charge in [-0.1, -0.05) is 19.3 Å². The largest absolute Gasteiger partial charge is 0.370 e. The minimum absolute atomic E-state index is 0. The lowest BCUT2D eigenvalue weighted by Gasteiger charge is -2.23. The minimum atomic E-state index is 0. The van der Waals surface area contributed by atoms with Crippen molar-refractivity contribution in [3.63, 3.8) is 0 Å². The highest BCUT2D eigenvalue weighted by Crippen LogP contribution is 2.21. The van der Waals surface area contributed by atoms with Crippen molar-refractivity contribution in [2.45, 2.75) is 44.7 Å². The molecule has 18 heavy (non-hydrogen) atoms. The summed E-state index contributed by atoms with van der Waals surface area (Å²) in [6.45, 7) is 0.660.